The molecule has 1 saturated heterocycles. The number of fused-ring (bicyclic) bond motifs is 1. The molecule has 2 unspecified atom stereocenters. The van der Waals surface area contributed by atoms with Crippen molar-refractivity contribution >= 4 is 23.1 Å². The number of nitrogens with zero attached hydrogens (tertiary/aromatic N) is 6. The number of hydrogen-bond acceptors (Lipinski definition) is 8. The molecule has 2 aliphatic rings. The molecule has 1 aliphatic heterocycles. The summed E-state index contributed by atoms with van der Waals surface area (Å²) >= 11 is 1.78. The van der Waals surface area contributed by atoms with Crippen molar-refractivity contribution in [1.29, 1.82) is 0 Å². The highest BCUT2D eigenvalue weighted by Gasteiger charge is 2.26. The van der Waals surface area contributed by atoms with Crippen molar-refractivity contribution in [2.45, 2.75) is 44.2 Å². The minimum Gasteiger partial charge on any atom is -0.493 e. The van der Waals surface area contributed by atoms with Gasteiger partial charge in [0.15, 0.2) is 11.1 Å². The molecule has 3 N–H and O–H groups in total. The minimum absolute atomic E-state index is 0.213. The topological polar surface area (TPSA) is 118 Å². The Morgan fingerprint density at radius 3 is 2.84 bits per heavy atom. The van der Waals surface area contributed by atoms with Gasteiger partial charge in [-0.2, -0.15) is 9.61 Å². The van der Waals surface area contributed by atoms with Crippen LogP contribution in [0.2, 0.25) is 0 Å². The maximum absolute atomic E-state index is 11.6. The van der Waals surface area contributed by atoms with Crippen LogP contribution < -0.4 is 16.4 Å². The number of nitrogens with one attached hydrogen (secondary N) is 2. The van der Waals surface area contributed by atoms with Gasteiger partial charge in [0.2, 0.25) is 5.88 Å². The molecular formula is C26H32N8O2S. The van der Waals surface area contributed by atoms with Crippen LogP contribution in [0.4, 0.5) is 0 Å². The Labute approximate surface area is 218 Å². The number of hydrogen-bond donors (Lipinski definition) is 3. The molecule has 0 amide bonds. The van der Waals surface area contributed by atoms with Crippen LogP contribution in [-0.4, -0.2) is 85.3 Å². The first-order chi connectivity index (χ1) is 17.8. The SMILES string of the molecule is CC(CN1CCC(N(C)C)C1)c1cc(-c2cc(=NC3CC3)n3ncc(=Cc4[nH]c(=O)[nH]c4O)c3n2)cs1. The normalized spacial score (nSPS) is 20.6. The molecule has 1 aliphatic carbocycles. The van der Waals surface area contributed by atoms with Gasteiger partial charge in [0, 0.05) is 52.2 Å². The number of aromatic amines is 2. The third-order valence-electron chi connectivity index (χ3n) is 7.29. The first-order valence-electron chi connectivity index (χ1n) is 12.8. The summed E-state index contributed by atoms with van der Waals surface area (Å²) in [5.74, 6) is 0.223. The standard InChI is InChI=1S/C26H32N8O2S/c1-15(12-33-7-6-19(13-33)32(2)3)22-9-17(14-37-22)20-10-23(28-18-4-5-18)34-24(29-20)16(11-27-34)8-21-25(35)31-26(36)30-21/h8-11,14-15,18-19,35H,4-7,12-13H2,1-3H3,(H2,30,31,36). The van der Waals surface area contributed by atoms with Gasteiger partial charge in [-0.15, -0.1) is 11.3 Å². The molecule has 37 heavy (non-hydrogen) atoms. The highest BCUT2D eigenvalue weighted by atomic mass is 32.1. The molecule has 2 fully saturated rings. The Kier molecular flexibility index (Phi) is 6.21. The third kappa shape index (κ3) is 4.98. The Morgan fingerprint density at radius 1 is 1.30 bits per heavy atom. The zero-order valence-corrected chi connectivity index (χ0v) is 22.1. The van der Waals surface area contributed by atoms with Crippen LogP contribution in [0.3, 0.4) is 0 Å². The molecular weight excluding hydrogens is 488 g/mol. The average Bonchev–Trinajstić information content (AvgIpc) is 3.25. The smallest absolute Gasteiger partial charge is 0.326 e. The molecule has 4 aromatic rings. The van der Waals surface area contributed by atoms with Crippen LogP contribution in [0.25, 0.3) is 23.0 Å². The number of aromatic nitrogens is 5. The first kappa shape index (κ1) is 24.1. The summed E-state index contributed by atoms with van der Waals surface area (Å²) < 4.78 is 1.74. The van der Waals surface area contributed by atoms with E-state index in [-0.39, 0.29) is 11.6 Å². The van der Waals surface area contributed by atoms with Gasteiger partial charge in [-0.1, -0.05) is 6.92 Å². The average molecular weight is 521 g/mol. The highest BCUT2D eigenvalue weighted by Crippen LogP contribution is 2.30. The summed E-state index contributed by atoms with van der Waals surface area (Å²) in [6.07, 6.45) is 6.75. The fraction of sp³-hybridized carbons (Fsp3) is 0.462. The minimum atomic E-state index is -0.468. The van der Waals surface area contributed by atoms with Crippen molar-refractivity contribution in [2.24, 2.45) is 4.99 Å². The molecule has 6 rings (SSSR count). The van der Waals surface area contributed by atoms with Gasteiger partial charge in [-0.25, -0.2) is 9.78 Å². The van der Waals surface area contributed by atoms with Gasteiger partial charge >= 0.3 is 5.69 Å². The number of likely N-dealkylation sites (N-methyl/N-ethyl adjacent to an activating group) is 1. The summed E-state index contributed by atoms with van der Waals surface area (Å²) in [6.45, 7) is 5.64. The summed E-state index contributed by atoms with van der Waals surface area (Å²) in [5, 5.41) is 17.4. The van der Waals surface area contributed by atoms with Crippen molar-refractivity contribution in [3.8, 4) is 17.1 Å². The van der Waals surface area contributed by atoms with E-state index in [0.717, 1.165) is 49.2 Å². The van der Waals surface area contributed by atoms with E-state index in [1.165, 1.54) is 11.3 Å². The predicted molar refractivity (Wildman–Crippen MR) is 144 cm³/mol. The van der Waals surface area contributed by atoms with Gasteiger partial charge < -0.3 is 19.9 Å². The van der Waals surface area contributed by atoms with E-state index in [9.17, 15) is 9.90 Å². The van der Waals surface area contributed by atoms with E-state index in [1.54, 1.807) is 28.1 Å². The second kappa shape index (κ2) is 9.55. The quantitative estimate of drug-likeness (QED) is 0.340. The van der Waals surface area contributed by atoms with Crippen molar-refractivity contribution in [1.82, 2.24) is 34.4 Å². The van der Waals surface area contributed by atoms with Gasteiger partial charge in [0.1, 0.15) is 5.69 Å². The molecule has 11 heteroatoms. The van der Waals surface area contributed by atoms with Crippen LogP contribution in [0.15, 0.2) is 33.5 Å². The molecule has 5 heterocycles. The van der Waals surface area contributed by atoms with Gasteiger partial charge in [-0.3, -0.25) is 9.98 Å². The molecule has 10 nitrogen and oxygen atoms in total. The van der Waals surface area contributed by atoms with Gasteiger partial charge in [0.25, 0.3) is 0 Å². The number of thiophene rings is 1. The van der Waals surface area contributed by atoms with E-state index >= 15 is 0 Å². The number of imidazole rings is 1. The molecule has 0 bridgehead atoms. The maximum atomic E-state index is 11.6. The second-order valence-corrected chi connectivity index (χ2v) is 11.4. The van der Waals surface area contributed by atoms with Gasteiger partial charge in [0.05, 0.1) is 17.9 Å². The fourth-order valence-corrected chi connectivity index (χ4v) is 5.92. The Morgan fingerprint density at radius 2 is 2.14 bits per heavy atom. The zero-order valence-electron chi connectivity index (χ0n) is 21.3. The lowest BCUT2D eigenvalue weighted by Crippen LogP contribution is -2.32. The lowest BCUT2D eigenvalue weighted by Gasteiger charge is -2.22. The van der Waals surface area contributed by atoms with Crippen LogP contribution in [0, 0.1) is 0 Å². The van der Waals surface area contributed by atoms with Crippen molar-refractivity contribution in [2.75, 3.05) is 33.7 Å². The van der Waals surface area contributed by atoms with Crippen molar-refractivity contribution in [3.05, 3.63) is 55.5 Å². The lowest BCUT2D eigenvalue weighted by molar-refractivity contribution is 0.262. The summed E-state index contributed by atoms with van der Waals surface area (Å²) in [7, 11) is 4.33. The zero-order chi connectivity index (χ0) is 25.7. The number of aromatic hydroxyl groups is 1. The van der Waals surface area contributed by atoms with E-state index in [2.05, 4.69) is 57.3 Å². The second-order valence-electron chi connectivity index (χ2n) is 10.5. The first-order valence-corrected chi connectivity index (χ1v) is 13.6. The Bertz CT molecular complexity index is 1610. The Hall–Kier alpha value is -3.28. The number of H-pyrrole nitrogens is 2. The van der Waals surface area contributed by atoms with Crippen LogP contribution in [0.1, 0.15) is 42.7 Å². The number of rotatable bonds is 7. The van der Waals surface area contributed by atoms with Crippen LogP contribution in [-0.2, 0) is 0 Å². The summed E-state index contributed by atoms with van der Waals surface area (Å²) in [4.78, 5) is 32.6. The molecule has 194 valence electrons. The van der Waals surface area contributed by atoms with Gasteiger partial charge in [-0.05, 0) is 52.0 Å². The van der Waals surface area contributed by atoms with Crippen molar-refractivity contribution in [3.63, 3.8) is 0 Å². The lowest BCUT2D eigenvalue weighted by atomic mass is 10.1. The van der Waals surface area contributed by atoms with E-state index in [0.29, 0.717) is 28.9 Å². The molecule has 4 aromatic heterocycles. The predicted octanol–water partition coefficient (Wildman–Crippen LogP) is 1.53. The van der Waals surface area contributed by atoms with Crippen LogP contribution in [0.5, 0.6) is 5.88 Å². The van der Waals surface area contributed by atoms with E-state index in [1.807, 2.05) is 6.07 Å². The highest BCUT2D eigenvalue weighted by molar-refractivity contribution is 7.10. The third-order valence-corrected chi connectivity index (χ3v) is 8.45. The summed E-state index contributed by atoms with van der Waals surface area (Å²) in [6, 6.07) is 5.23. The van der Waals surface area contributed by atoms with Crippen molar-refractivity contribution < 1.29 is 5.11 Å². The molecule has 0 aromatic carbocycles. The molecule has 2 atom stereocenters. The maximum Gasteiger partial charge on any atom is 0.326 e. The molecule has 0 spiro atoms. The van der Waals surface area contributed by atoms with Crippen LogP contribution >= 0.6 is 11.3 Å². The summed E-state index contributed by atoms with van der Waals surface area (Å²) in [5.41, 5.74) is 3.13. The fourth-order valence-electron chi connectivity index (χ4n) is 4.97. The van der Waals surface area contributed by atoms with E-state index < -0.39 is 5.69 Å². The largest absolute Gasteiger partial charge is 0.493 e. The van der Waals surface area contributed by atoms with E-state index in [4.69, 9.17) is 9.98 Å². The Balaban J connectivity index is 1.34. The molecule has 1 saturated carbocycles. The number of likely N-dealkylation sites (tertiary alicyclic amines) is 1. The monoisotopic (exact) mass is 520 g/mol. The molecule has 0 radical (unpaired) electrons.